The highest BCUT2D eigenvalue weighted by molar-refractivity contribution is 5.76. The largest absolute Gasteiger partial charge is 0.329 e. The van der Waals surface area contributed by atoms with Gasteiger partial charge >= 0.3 is 0 Å². The van der Waals surface area contributed by atoms with Crippen molar-refractivity contribution in [3.05, 3.63) is 30.1 Å². The van der Waals surface area contributed by atoms with Gasteiger partial charge in [0, 0.05) is 31.6 Å². The van der Waals surface area contributed by atoms with Gasteiger partial charge in [0.2, 0.25) is 0 Å². The Morgan fingerprint density at radius 2 is 2.14 bits per heavy atom. The summed E-state index contributed by atoms with van der Waals surface area (Å²) in [4.78, 5) is 7.44. The second-order valence-corrected chi connectivity index (χ2v) is 6.35. The number of para-hydroxylation sites is 2. The van der Waals surface area contributed by atoms with E-state index < -0.39 is 0 Å². The molecular weight excluding hydrogens is 260 g/mol. The number of hydrogen-bond donors (Lipinski definition) is 1. The molecule has 3 rings (SSSR count). The maximum atomic E-state index is 5.72. The number of nitrogens with zero attached hydrogens (tertiary/aromatic N) is 3. The predicted molar refractivity (Wildman–Crippen MR) is 87.6 cm³/mol. The van der Waals surface area contributed by atoms with Gasteiger partial charge in [0.15, 0.2) is 0 Å². The molecule has 0 amide bonds. The first-order valence-electron chi connectivity index (χ1n) is 8.10. The molecule has 0 spiro atoms. The van der Waals surface area contributed by atoms with Crippen LogP contribution in [-0.4, -0.2) is 40.6 Å². The monoisotopic (exact) mass is 286 g/mol. The smallest absolute Gasteiger partial charge is 0.114 e. The molecule has 1 aromatic heterocycles. The third-order valence-corrected chi connectivity index (χ3v) is 4.46. The van der Waals surface area contributed by atoms with E-state index in [1.165, 1.54) is 30.7 Å². The molecule has 1 aliphatic heterocycles. The van der Waals surface area contributed by atoms with E-state index in [1.54, 1.807) is 0 Å². The maximum absolute atomic E-state index is 5.72. The number of rotatable bonds is 4. The van der Waals surface area contributed by atoms with Crippen molar-refractivity contribution in [3.63, 3.8) is 0 Å². The average molecular weight is 286 g/mol. The summed E-state index contributed by atoms with van der Waals surface area (Å²) >= 11 is 0. The van der Waals surface area contributed by atoms with Crippen LogP contribution in [0.25, 0.3) is 11.0 Å². The Bertz CT molecular complexity index is 600. The van der Waals surface area contributed by atoms with E-state index in [0.717, 1.165) is 25.2 Å². The second kappa shape index (κ2) is 6.16. The van der Waals surface area contributed by atoms with Crippen molar-refractivity contribution in [2.24, 2.45) is 5.73 Å². The Morgan fingerprint density at radius 1 is 1.33 bits per heavy atom. The molecule has 0 aliphatic carbocycles. The molecule has 2 aromatic rings. The Morgan fingerprint density at radius 3 is 2.90 bits per heavy atom. The molecule has 1 unspecified atom stereocenters. The lowest BCUT2D eigenvalue weighted by atomic mass is 9.97. The predicted octanol–water partition coefficient (Wildman–Crippen LogP) is 2.76. The minimum absolute atomic E-state index is 0.442. The van der Waals surface area contributed by atoms with Gasteiger partial charge < -0.3 is 15.2 Å². The summed E-state index contributed by atoms with van der Waals surface area (Å²) in [6.07, 6.45) is 2.48. The van der Waals surface area contributed by atoms with Gasteiger partial charge in [0.25, 0.3) is 0 Å². The van der Waals surface area contributed by atoms with Crippen LogP contribution in [0.15, 0.2) is 24.3 Å². The van der Waals surface area contributed by atoms with Gasteiger partial charge in [-0.15, -0.1) is 0 Å². The highest BCUT2D eigenvalue weighted by Gasteiger charge is 2.26. The van der Waals surface area contributed by atoms with Crippen molar-refractivity contribution < 1.29 is 0 Å². The van der Waals surface area contributed by atoms with Crippen molar-refractivity contribution in [1.29, 1.82) is 0 Å². The van der Waals surface area contributed by atoms with Gasteiger partial charge in [0.05, 0.1) is 11.0 Å². The minimum atomic E-state index is 0.442. The number of hydrogen-bond acceptors (Lipinski definition) is 3. The summed E-state index contributed by atoms with van der Waals surface area (Å²) in [5.41, 5.74) is 8.11. The van der Waals surface area contributed by atoms with Crippen LogP contribution < -0.4 is 5.73 Å². The second-order valence-electron chi connectivity index (χ2n) is 6.35. The van der Waals surface area contributed by atoms with Crippen molar-refractivity contribution in [3.8, 4) is 0 Å². The molecule has 1 aliphatic rings. The Balaban J connectivity index is 1.97. The molecule has 1 aromatic carbocycles. The van der Waals surface area contributed by atoms with Crippen LogP contribution in [0.3, 0.4) is 0 Å². The molecule has 2 N–H and O–H groups in total. The first-order chi connectivity index (χ1) is 10.2. The fourth-order valence-electron chi connectivity index (χ4n) is 3.55. The van der Waals surface area contributed by atoms with Gasteiger partial charge in [-0.25, -0.2) is 4.98 Å². The van der Waals surface area contributed by atoms with Gasteiger partial charge in [-0.05, 0) is 45.4 Å². The molecule has 0 radical (unpaired) electrons. The Labute approximate surface area is 126 Å². The SMILES string of the molecule is CC(C)n1c(C2CCCN(CCN)C2)nc2ccccc21. The van der Waals surface area contributed by atoms with E-state index in [-0.39, 0.29) is 0 Å². The quantitative estimate of drug-likeness (QED) is 0.940. The third kappa shape index (κ3) is 2.83. The summed E-state index contributed by atoms with van der Waals surface area (Å²) in [6, 6.07) is 8.93. The lowest BCUT2D eigenvalue weighted by Crippen LogP contribution is -2.38. The summed E-state index contributed by atoms with van der Waals surface area (Å²) in [6.45, 7) is 8.50. The molecular formula is C17H26N4. The van der Waals surface area contributed by atoms with Gasteiger partial charge in [-0.1, -0.05) is 12.1 Å². The highest BCUT2D eigenvalue weighted by atomic mass is 15.2. The van der Waals surface area contributed by atoms with Crippen LogP contribution in [-0.2, 0) is 0 Å². The summed E-state index contributed by atoms with van der Waals surface area (Å²) in [5.74, 6) is 1.79. The van der Waals surface area contributed by atoms with Gasteiger partial charge in [0.1, 0.15) is 5.82 Å². The summed E-state index contributed by atoms with van der Waals surface area (Å²) < 4.78 is 2.42. The minimum Gasteiger partial charge on any atom is -0.329 e. The van der Waals surface area contributed by atoms with Crippen molar-refractivity contribution >= 4 is 11.0 Å². The van der Waals surface area contributed by atoms with Crippen molar-refractivity contribution in [1.82, 2.24) is 14.5 Å². The molecule has 21 heavy (non-hydrogen) atoms. The maximum Gasteiger partial charge on any atom is 0.114 e. The summed E-state index contributed by atoms with van der Waals surface area (Å²) in [7, 11) is 0. The van der Waals surface area contributed by atoms with Crippen LogP contribution in [0.4, 0.5) is 0 Å². The standard InChI is InChI=1S/C17H26N4/c1-13(2)21-16-8-4-3-7-15(16)19-17(21)14-6-5-10-20(12-14)11-9-18/h3-4,7-8,13-14H,5-6,9-12,18H2,1-2H3. The first kappa shape index (κ1) is 14.5. The fraction of sp³-hybridized carbons (Fsp3) is 0.588. The average Bonchev–Trinajstić information content (AvgIpc) is 2.87. The Hall–Kier alpha value is -1.39. The lowest BCUT2D eigenvalue weighted by molar-refractivity contribution is 0.207. The van der Waals surface area contributed by atoms with Crippen molar-refractivity contribution in [2.75, 3.05) is 26.2 Å². The number of fused-ring (bicyclic) bond motifs is 1. The first-order valence-corrected chi connectivity index (χ1v) is 8.10. The number of likely N-dealkylation sites (tertiary alicyclic amines) is 1. The van der Waals surface area contributed by atoms with E-state index in [2.05, 4.69) is 47.6 Å². The zero-order valence-corrected chi connectivity index (χ0v) is 13.1. The van der Waals surface area contributed by atoms with Crippen LogP contribution in [0.1, 0.15) is 44.5 Å². The lowest BCUT2D eigenvalue weighted by Gasteiger charge is -2.32. The van der Waals surface area contributed by atoms with Crippen LogP contribution in [0.2, 0.25) is 0 Å². The number of imidazole rings is 1. The van der Waals surface area contributed by atoms with E-state index in [1.807, 2.05) is 0 Å². The van der Waals surface area contributed by atoms with E-state index in [4.69, 9.17) is 10.7 Å². The molecule has 114 valence electrons. The highest BCUT2D eigenvalue weighted by Crippen LogP contribution is 2.31. The third-order valence-electron chi connectivity index (χ3n) is 4.46. The molecule has 1 atom stereocenters. The number of benzene rings is 1. The molecule has 4 nitrogen and oxygen atoms in total. The van der Waals surface area contributed by atoms with E-state index >= 15 is 0 Å². The Kier molecular flexibility index (Phi) is 4.27. The fourth-order valence-corrected chi connectivity index (χ4v) is 3.55. The topological polar surface area (TPSA) is 47.1 Å². The van der Waals surface area contributed by atoms with Crippen LogP contribution in [0, 0.1) is 0 Å². The zero-order valence-electron chi connectivity index (χ0n) is 13.1. The molecule has 0 bridgehead atoms. The molecule has 2 heterocycles. The van der Waals surface area contributed by atoms with Gasteiger partial charge in [-0.2, -0.15) is 0 Å². The normalized spacial score (nSPS) is 20.5. The number of aromatic nitrogens is 2. The molecule has 4 heteroatoms. The summed E-state index contributed by atoms with van der Waals surface area (Å²) in [5, 5.41) is 0. The molecule has 1 saturated heterocycles. The number of piperidine rings is 1. The van der Waals surface area contributed by atoms with E-state index in [9.17, 15) is 0 Å². The molecule has 0 saturated carbocycles. The molecule has 1 fully saturated rings. The van der Waals surface area contributed by atoms with Gasteiger partial charge in [-0.3, -0.25) is 0 Å². The van der Waals surface area contributed by atoms with E-state index in [0.29, 0.717) is 12.0 Å². The zero-order chi connectivity index (χ0) is 14.8. The number of nitrogens with two attached hydrogens (primary N) is 1. The van der Waals surface area contributed by atoms with Crippen LogP contribution in [0.5, 0.6) is 0 Å². The van der Waals surface area contributed by atoms with Crippen LogP contribution >= 0.6 is 0 Å². The van der Waals surface area contributed by atoms with Crippen molar-refractivity contribution in [2.45, 2.75) is 38.6 Å².